The molecule has 0 unspecified atom stereocenters. The molecule has 1 aromatic carbocycles. The van der Waals surface area contributed by atoms with Crippen LogP contribution in [0.15, 0.2) is 22.7 Å². The van der Waals surface area contributed by atoms with Gasteiger partial charge in [-0.1, -0.05) is 15.9 Å². The van der Waals surface area contributed by atoms with Crippen molar-refractivity contribution in [1.82, 2.24) is 0 Å². The Hall–Kier alpha value is -1.23. The summed E-state index contributed by atoms with van der Waals surface area (Å²) in [7, 11) is 0. The Morgan fingerprint density at radius 1 is 1.53 bits per heavy atom. The van der Waals surface area contributed by atoms with E-state index in [1.54, 1.807) is 13.8 Å². The molecular weight excluding hydrogens is 284 g/mol. The lowest BCUT2D eigenvalue weighted by Gasteiger charge is -2.41. The number of anilines is 2. The van der Waals surface area contributed by atoms with Gasteiger partial charge in [-0.25, -0.2) is 4.79 Å². The molecule has 0 aromatic heterocycles. The lowest BCUT2D eigenvalue weighted by atomic mass is 10.00. The maximum absolute atomic E-state index is 11.3. The van der Waals surface area contributed by atoms with E-state index >= 15 is 0 Å². The van der Waals surface area contributed by atoms with Crippen molar-refractivity contribution < 1.29 is 9.90 Å². The summed E-state index contributed by atoms with van der Waals surface area (Å²) >= 11 is 3.42. The average molecular weight is 299 g/mol. The summed E-state index contributed by atoms with van der Waals surface area (Å²) in [5.41, 5.74) is 1.00. The molecule has 0 saturated carbocycles. The number of aliphatic carboxylic acids is 1. The van der Waals surface area contributed by atoms with Gasteiger partial charge in [-0.3, -0.25) is 0 Å². The van der Waals surface area contributed by atoms with Crippen molar-refractivity contribution in [1.29, 1.82) is 0 Å². The summed E-state index contributed by atoms with van der Waals surface area (Å²) in [6.07, 6.45) is 0. The molecule has 0 bridgehead atoms. The molecule has 92 valence electrons. The second kappa shape index (κ2) is 4.22. The molecule has 0 radical (unpaired) electrons. The van der Waals surface area contributed by atoms with E-state index in [0.717, 1.165) is 22.4 Å². The van der Waals surface area contributed by atoms with Crippen molar-refractivity contribution in [3.8, 4) is 0 Å². The number of nitrogens with one attached hydrogen (secondary N) is 1. The molecule has 1 heterocycles. The van der Waals surface area contributed by atoms with E-state index in [-0.39, 0.29) is 0 Å². The molecule has 4 nitrogen and oxygen atoms in total. The molecule has 1 aromatic rings. The number of hydrogen-bond acceptors (Lipinski definition) is 3. The number of carboxylic acid groups (broad SMARTS) is 1. The van der Waals surface area contributed by atoms with Crippen LogP contribution in [0.1, 0.15) is 13.8 Å². The molecule has 2 N–H and O–H groups in total. The van der Waals surface area contributed by atoms with Crippen LogP contribution >= 0.6 is 15.9 Å². The van der Waals surface area contributed by atoms with E-state index in [1.165, 1.54) is 0 Å². The average Bonchev–Trinajstić information content (AvgIpc) is 2.27. The fourth-order valence-corrected chi connectivity index (χ4v) is 2.35. The van der Waals surface area contributed by atoms with Crippen molar-refractivity contribution in [2.24, 2.45) is 0 Å². The first-order chi connectivity index (χ1) is 7.93. The SMILES string of the molecule is CC(C)(C(=O)O)N1CCNc2ccc(Br)cc21. The molecule has 2 rings (SSSR count). The summed E-state index contributed by atoms with van der Waals surface area (Å²) in [5.74, 6) is -0.815. The Bertz CT molecular complexity index is 460. The topological polar surface area (TPSA) is 52.6 Å². The summed E-state index contributed by atoms with van der Waals surface area (Å²) in [6.45, 7) is 4.89. The summed E-state index contributed by atoms with van der Waals surface area (Å²) < 4.78 is 0.950. The van der Waals surface area contributed by atoms with Crippen LogP contribution in [0.5, 0.6) is 0 Å². The molecule has 0 aliphatic carbocycles. The number of carbonyl (C=O) groups is 1. The van der Waals surface area contributed by atoms with E-state index < -0.39 is 11.5 Å². The first-order valence-electron chi connectivity index (χ1n) is 5.47. The molecule has 0 fully saturated rings. The van der Waals surface area contributed by atoms with E-state index in [0.29, 0.717) is 6.54 Å². The number of benzene rings is 1. The first-order valence-corrected chi connectivity index (χ1v) is 6.26. The number of hydrogen-bond donors (Lipinski definition) is 2. The van der Waals surface area contributed by atoms with Crippen LogP contribution in [0, 0.1) is 0 Å². The van der Waals surface area contributed by atoms with E-state index in [1.807, 2.05) is 23.1 Å². The summed E-state index contributed by atoms with van der Waals surface area (Å²) in [4.78, 5) is 13.3. The van der Waals surface area contributed by atoms with E-state index in [4.69, 9.17) is 0 Å². The molecular formula is C12H15BrN2O2. The highest BCUT2D eigenvalue weighted by atomic mass is 79.9. The quantitative estimate of drug-likeness (QED) is 0.881. The minimum atomic E-state index is -0.905. The van der Waals surface area contributed by atoms with Gasteiger partial charge in [0.1, 0.15) is 5.54 Å². The van der Waals surface area contributed by atoms with Gasteiger partial charge in [0.25, 0.3) is 0 Å². The number of rotatable bonds is 2. The Balaban J connectivity index is 2.47. The van der Waals surface area contributed by atoms with Gasteiger partial charge in [-0.05, 0) is 32.0 Å². The monoisotopic (exact) mass is 298 g/mol. The van der Waals surface area contributed by atoms with Gasteiger partial charge in [-0.2, -0.15) is 0 Å². The van der Waals surface area contributed by atoms with Gasteiger partial charge < -0.3 is 15.3 Å². The van der Waals surface area contributed by atoms with E-state index in [2.05, 4.69) is 21.2 Å². The number of halogens is 1. The predicted octanol–water partition coefficient (Wildman–Crippen LogP) is 2.54. The molecule has 0 amide bonds. The van der Waals surface area contributed by atoms with Crippen LogP contribution in [-0.4, -0.2) is 29.7 Å². The highest BCUT2D eigenvalue weighted by Gasteiger charge is 2.37. The van der Waals surface area contributed by atoms with Crippen LogP contribution in [-0.2, 0) is 4.79 Å². The minimum absolute atomic E-state index is 0.683. The van der Waals surface area contributed by atoms with Crippen LogP contribution in [0.25, 0.3) is 0 Å². The predicted molar refractivity (Wildman–Crippen MR) is 71.7 cm³/mol. The third kappa shape index (κ3) is 2.11. The minimum Gasteiger partial charge on any atom is -0.480 e. The Morgan fingerprint density at radius 3 is 2.88 bits per heavy atom. The Kier molecular flexibility index (Phi) is 3.03. The second-order valence-corrected chi connectivity index (χ2v) is 5.52. The molecule has 5 heteroatoms. The normalized spacial score (nSPS) is 15.1. The summed E-state index contributed by atoms with van der Waals surface area (Å²) in [6, 6.07) is 5.86. The number of carboxylic acids is 1. The molecule has 1 aliphatic rings. The van der Waals surface area contributed by atoms with Gasteiger partial charge in [-0.15, -0.1) is 0 Å². The summed E-state index contributed by atoms with van der Waals surface area (Å²) in [5, 5.41) is 12.6. The van der Waals surface area contributed by atoms with Crippen molar-refractivity contribution in [2.45, 2.75) is 19.4 Å². The van der Waals surface area contributed by atoms with Gasteiger partial charge in [0.15, 0.2) is 0 Å². The standard InChI is InChI=1S/C12H15BrN2O2/c1-12(2,11(16)17)15-6-5-14-9-4-3-8(13)7-10(9)15/h3-4,7,14H,5-6H2,1-2H3,(H,16,17). The zero-order chi connectivity index (χ0) is 12.6. The fraction of sp³-hybridized carbons (Fsp3) is 0.417. The van der Waals surface area contributed by atoms with Crippen LogP contribution < -0.4 is 10.2 Å². The molecule has 1 aliphatic heterocycles. The number of fused-ring (bicyclic) bond motifs is 1. The lowest BCUT2D eigenvalue weighted by molar-refractivity contribution is -0.142. The fourth-order valence-electron chi connectivity index (χ4n) is 2.00. The van der Waals surface area contributed by atoms with Crippen LogP contribution in [0.3, 0.4) is 0 Å². The van der Waals surface area contributed by atoms with Gasteiger partial charge in [0.2, 0.25) is 0 Å². The van der Waals surface area contributed by atoms with Gasteiger partial charge >= 0.3 is 5.97 Å². The van der Waals surface area contributed by atoms with Gasteiger partial charge in [0.05, 0.1) is 11.4 Å². The third-order valence-electron chi connectivity index (χ3n) is 3.10. The van der Waals surface area contributed by atoms with E-state index in [9.17, 15) is 9.90 Å². The van der Waals surface area contributed by atoms with Gasteiger partial charge in [0, 0.05) is 17.6 Å². The molecule has 0 spiro atoms. The molecule has 0 atom stereocenters. The second-order valence-electron chi connectivity index (χ2n) is 4.60. The largest absolute Gasteiger partial charge is 0.480 e. The lowest BCUT2D eigenvalue weighted by Crippen LogP contribution is -2.53. The van der Waals surface area contributed by atoms with Crippen molar-refractivity contribution in [2.75, 3.05) is 23.3 Å². The zero-order valence-corrected chi connectivity index (χ0v) is 11.4. The third-order valence-corrected chi connectivity index (χ3v) is 3.59. The zero-order valence-electron chi connectivity index (χ0n) is 9.83. The highest BCUT2D eigenvalue weighted by Crippen LogP contribution is 2.36. The highest BCUT2D eigenvalue weighted by molar-refractivity contribution is 9.10. The molecule has 17 heavy (non-hydrogen) atoms. The van der Waals surface area contributed by atoms with Crippen LogP contribution in [0.4, 0.5) is 11.4 Å². The maximum atomic E-state index is 11.3. The Morgan fingerprint density at radius 2 is 2.24 bits per heavy atom. The smallest absolute Gasteiger partial charge is 0.328 e. The number of nitrogens with zero attached hydrogens (tertiary/aromatic N) is 1. The maximum Gasteiger partial charge on any atom is 0.328 e. The van der Waals surface area contributed by atoms with Crippen molar-refractivity contribution in [3.63, 3.8) is 0 Å². The van der Waals surface area contributed by atoms with Crippen LogP contribution in [0.2, 0.25) is 0 Å². The Labute approximate surface area is 109 Å². The van der Waals surface area contributed by atoms with Crippen molar-refractivity contribution >= 4 is 33.3 Å². The first kappa shape index (κ1) is 12.2. The molecule has 0 saturated heterocycles. The van der Waals surface area contributed by atoms with Crippen molar-refractivity contribution in [3.05, 3.63) is 22.7 Å².